The smallest absolute Gasteiger partial charge is 0.0485 e. The highest BCUT2D eigenvalue weighted by Gasteiger charge is 2.13. The Morgan fingerprint density at radius 3 is 1.21 bits per heavy atom. The molecule has 0 aliphatic carbocycles. The molecule has 1 heteroatoms. The van der Waals surface area contributed by atoms with Gasteiger partial charge in [0.25, 0.3) is 0 Å². The van der Waals surface area contributed by atoms with Crippen molar-refractivity contribution in [3.63, 3.8) is 0 Å². The van der Waals surface area contributed by atoms with Crippen LogP contribution in [0, 0.1) is 0 Å². The van der Waals surface area contributed by atoms with E-state index in [2.05, 4.69) is 37.8 Å². The van der Waals surface area contributed by atoms with Gasteiger partial charge in [0.15, 0.2) is 0 Å². The van der Waals surface area contributed by atoms with Crippen molar-refractivity contribution < 1.29 is 0 Å². The number of rotatable bonds is 5. The van der Waals surface area contributed by atoms with Crippen molar-refractivity contribution in [3.05, 3.63) is 48.8 Å². The van der Waals surface area contributed by atoms with E-state index in [1.165, 1.54) is 0 Å². The Morgan fingerprint density at radius 2 is 1.05 bits per heavy atom. The van der Waals surface area contributed by atoms with Crippen LogP contribution in [-0.2, 0) is 6.54 Å². The van der Waals surface area contributed by atoms with Crippen molar-refractivity contribution >= 4 is 24.3 Å². The summed E-state index contributed by atoms with van der Waals surface area (Å²) in [6.45, 7) is 26.3. The highest BCUT2D eigenvalue weighted by atomic mass is 15.0. The maximum atomic E-state index is 3.83. The third kappa shape index (κ3) is 4.13. The van der Waals surface area contributed by atoms with Crippen molar-refractivity contribution in [3.8, 4) is 0 Å². The van der Waals surface area contributed by atoms with Crippen molar-refractivity contribution in [2.45, 2.75) is 41.2 Å². The topological polar surface area (TPSA) is 4.93 Å². The van der Waals surface area contributed by atoms with Gasteiger partial charge in [-0.3, -0.25) is 0 Å². The Morgan fingerprint density at radius 1 is 0.737 bits per heavy atom. The summed E-state index contributed by atoms with van der Waals surface area (Å²) in [4.78, 5) is 0. The van der Waals surface area contributed by atoms with Gasteiger partial charge in [0, 0.05) is 29.1 Å². The van der Waals surface area contributed by atoms with Crippen molar-refractivity contribution in [2.24, 2.45) is 0 Å². The molecule has 1 aromatic heterocycles. The summed E-state index contributed by atoms with van der Waals surface area (Å²) in [5.74, 6) is 0. The van der Waals surface area contributed by atoms with E-state index in [0.717, 1.165) is 29.1 Å². The highest BCUT2D eigenvalue weighted by molar-refractivity contribution is 5.78. The average molecular weight is 259 g/mol. The number of aromatic nitrogens is 1. The molecule has 0 spiro atoms. The molecule has 1 heterocycles. The van der Waals surface area contributed by atoms with Gasteiger partial charge >= 0.3 is 0 Å². The Balaban J connectivity index is 0. The fourth-order valence-corrected chi connectivity index (χ4v) is 1.91. The zero-order valence-electron chi connectivity index (χ0n) is 13.3. The molecule has 106 valence electrons. The van der Waals surface area contributed by atoms with Crippen LogP contribution in [-0.4, -0.2) is 4.57 Å². The molecular formula is C18H29N. The van der Waals surface area contributed by atoms with Gasteiger partial charge in [-0.15, -0.1) is 0 Å². The van der Waals surface area contributed by atoms with Gasteiger partial charge < -0.3 is 4.57 Å². The molecule has 19 heavy (non-hydrogen) atoms. The standard InChI is InChI=1S/C14H17N.2C2H6/c1-6-11-12(7-2)14(9-4)15(10-5)13(11)8-3;2*1-2/h6-9H,1-4,10H2,5H3;2*1-2H3. The third-order valence-electron chi connectivity index (χ3n) is 2.53. The van der Waals surface area contributed by atoms with Crippen LogP contribution < -0.4 is 0 Å². The maximum absolute atomic E-state index is 3.83. The van der Waals surface area contributed by atoms with E-state index in [0.29, 0.717) is 0 Å². The molecule has 0 aliphatic heterocycles. The van der Waals surface area contributed by atoms with E-state index in [4.69, 9.17) is 0 Å². The molecule has 1 aromatic rings. The van der Waals surface area contributed by atoms with Gasteiger partial charge in [0.2, 0.25) is 0 Å². The van der Waals surface area contributed by atoms with Gasteiger partial charge in [-0.1, -0.05) is 66.2 Å². The first-order valence-electron chi connectivity index (χ1n) is 7.01. The quantitative estimate of drug-likeness (QED) is 0.599. The van der Waals surface area contributed by atoms with Gasteiger partial charge in [0.1, 0.15) is 0 Å². The lowest BCUT2D eigenvalue weighted by atomic mass is 10.1. The van der Waals surface area contributed by atoms with E-state index in [-0.39, 0.29) is 0 Å². The predicted molar refractivity (Wildman–Crippen MR) is 93.2 cm³/mol. The minimum Gasteiger partial charge on any atom is -0.341 e. The van der Waals surface area contributed by atoms with E-state index >= 15 is 0 Å². The van der Waals surface area contributed by atoms with Crippen LogP contribution in [0.5, 0.6) is 0 Å². The van der Waals surface area contributed by atoms with Gasteiger partial charge in [0.05, 0.1) is 0 Å². The van der Waals surface area contributed by atoms with Crippen LogP contribution >= 0.6 is 0 Å². The third-order valence-corrected chi connectivity index (χ3v) is 2.53. The van der Waals surface area contributed by atoms with Crippen molar-refractivity contribution in [1.29, 1.82) is 0 Å². The lowest BCUT2D eigenvalue weighted by Gasteiger charge is -2.05. The fraction of sp³-hybridized carbons (Fsp3) is 0.333. The summed E-state index contributed by atoms with van der Waals surface area (Å²) in [7, 11) is 0. The Bertz CT molecular complexity index is 382. The van der Waals surface area contributed by atoms with Gasteiger partial charge in [-0.05, 0) is 19.1 Å². The molecule has 1 rings (SSSR count). The summed E-state index contributed by atoms with van der Waals surface area (Å²) >= 11 is 0. The van der Waals surface area contributed by atoms with E-state index in [1.54, 1.807) is 0 Å². The largest absolute Gasteiger partial charge is 0.341 e. The van der Waals surface area contributed by atoms with Crippen LogP contribution in [0.4, 0.5) is 0 Å². The molecule has 0 atom stereocenters. The molecule has 0 aliphatic rings. The Kier molecular flexibility index (Phi) is 11.7. The van der Waals surface area contributed by atoms with E-state index < -0.39 is 0 Å². The summed E-state index contributed by atoms with van der Waals surface area (Å²) in [5, 5.41) is 0. The summed E-state index contributed by atoms with van der Waals surface area (Å²) < 4.78 is 2.16. The normalized spacial score (nSPS) is 8.26. The summed E-state index contributed by atoms with van der Waals surface area (Å²) in [6.07, 6.45) is 7.38. The molecule has 0 N–H and O–H groups in total. The molecular weight excluding hydrogens is 230 g/mol. The zero-order chi connectivity index (χ0) is 15.4. The van der Waals surface area contributed by atoms with Crippen LogP contribution in [0.1, 0.15) is 57.1 Å². The Hall–Kier alpha value is -1.76. The second-order valence-corrected chi connectivity index (χ2v) is 3.16. The van der Waals surface area contributed by atoms with Crippen molar-refractivity contribution in [2.75, 3.05) is 0 Å². The molecule has 0 unspecified atom stereocenters. The monoisotopic (exact) mass is 259 g/mol. The highest BCUT2D eigenvalue weighted by Crippen LogP contribution is 2.27. The summed E-state index contributed by atoms with van der Waals surface area (Å²) in [5.41, 5.74) is 4.32. The minimum absolute atomic E-state index is 0.886. The van der Waals surface area contributed by atoms with Crippen molar-refractivity contribution in [1.82, 2.24) is 4.57 Å². The molecule has 0 saturated heterocycles. The molecule has 1 nitrogen and oxygen atoms in total. The second-order valence-electron chi connectivity index (χ2n) is 3.16. The zero-order valence-corrected chi connectivity index (χ0v) is 13.3. The fourth-order valence-electron chi connectivity index (χ4n) is 1.91. The molecule has 0 radical (unpaired) electrons. The van der Waals surface area contributed by atoms with Crippen LogP contribution in [0.25, 0.3) is 24.3 Å². The maximum Gasteiger partial charge on any atom is 0.0485 e. The first kappa shape index (κ1) is 19.6. The first-order chi connectivity index (χ1) is 9.24. The van der Waals surface area contributed by atoms with E-state index in [9.17, 15) is 0 Å². The molecule has 0 bridgehead atoms. The van der Waals surface area contributed by atoms with Crippen LogP contribution in [0.3, 0.4) is 0 Å². The molecule has 0 saturated carbocycles. The van der Waals surface area contributed by atoms with Crippen LogP contribution in [0.2, 0.25) is 0 Å². The van der Waals surface area contributed by atoms with Gasteiger partial charge in [-0.2, -0.15) is 0 Å². The number of nitrogens with zero attached hydrogens (tertiary/aromatic N) is 1. The summed E-state index contributed by atoms with van der Waals surface area (Å²) in [6, 6.07) is 0. The lowest BCUT2D eigenvalue weighted by Crippen LogP contribution is -1.99. The number of hydrogen-bond donors (Lipinski definition) is 0. The SMILES string of the molecule is C=Cc1c(C=C)c(C=C)n(CC)c1C=C.CC.CC. The molecule has 0 aromatic carbocycles. The molecule has 0 amide bonds. The number of hydrogen-bond acceptors (Lipinski definition) is 0. The Labute approximate surface area is 119 Å². The van der Waals surface area contributed by atoms with Crippen LogP contribution in [0.15, 0.2) is 26.3 Å². The minimum atomic E-state index is 0.886. The predicted octanol–water partition coefficient (Wildman–Crippen LogP) is 6.13. The van der Waals surface area contributed by atoms with Gasteiger partial charge in [-0.25, -0.2) is 0 Å². The van der Waals surface area contributed by atoms with E-state index in [1.807, 2.05) is 52.0 Å². The first-order valence-corrected chi connectivity index (χ1v) is 7.01. The molecule has 0 fully saturated rings. The average Bonchev–Trinajstić information content (AvgIpc) is 2.82. The second kappa shape index (κ2) is 11.3. The lowest BCUT2D eigenvalue weighted by molar-refractivity contribution is 0.753.